The lowest BCUT2D eigenvalue weighted by molar-refractivity contribution is 0.252. The largest absolute Gasteiger partial charge is 0.369 e. The zero-order valence-electron chi connectivity index (χ0n) is 12.2. The molecule has 0 amide bonds. The van der Waals surface area contributed by atoms with Crippen LogP contribution in [0.25, 0.3) is 0 Å². The van der Waals surface area contributed by atoms with Gasteiger partial charge in [-0.3, -0.25) is 0 Å². The number of aryl methyl sites for hydroxylation is 1. The van der Waals surface area contributed by atoms with E-state index in [1.807, 2.05) is 13.0 Å². The third-order valence-electron chi connectivity index (χ3n) is 3.96. The van der Waals surface area contributed by atoms with Crippen molar-refractivity contribution < 1.29 is 0 Å². The van der Waals surface area contributed by atoms with Gasteiger partial charge in [-0.2, -0.15) is 0 Å². The average molecular weight is 326 g/mol. The number of hydrogen-bond donors (Lipinski definition) is 1. The third kappa shape index (κ3) is 4.16. The predicted molar refractivity (Wildman–Crippen MR) is 83.3 cm³/mol. The van der Waals surface area contributed by atoms with Gasteiger partial charge in [0.05, 0.1) is 0 Å². The van der Waals surface area contributed by atoms with E-state index >= 15 is 0 Å². The van der Waals surface area contributed by atoms with Crippen LogP contribution in [-0.4, -0.2) is 16.5 Å². The molecule has 3 nitrogen and oxygen atoms in total. The number of aromatic nitrogens is 2. The molecule has 0 bridgehead atoms. The van der Waals surface area contributed by atoms with Crippen molar-refractivity contribution in [3.63, 3.8) is 0 Å². The van der Waals surface area contributed by atoms with Crippen molar-refractivity contribution in [3.8, 4) is 0 Å². The minimum absolute atomic E-state index is 0.472. The Bertz CT molecular complexity index is 405. The van der Waals surface area contributed by atoms with E-state index in [2.05, 4.69) is 45.1 Å². The molecule has 0 saturated heterocycles. The summed E-state index contributed by atoms with van der Waals surface area (Å²) in [4.78, 5) is 8.70. The van der Waals surface area contributed by atoms with Crippen LogP contribution >= 0.6 is 15.9 Å². The molecule has 1 aliphatic rings. The number of halogens is 1. The quantitative estimate of drug-likeness (QED) is 0.806. The molecule has 0 atom stereocenters. The van der Waals surface area contributed by atoms with Crippen molar-refractivity contribution in [2.45, 2.75) is 52.9 Å². The van der Waals surface area contributed by atoms with Gasteiger partial charge < -0.3 is 5.32 Å². The van der Waals surface area contributed by atoms with Gasteiger partial charge in [-0.15, -0.1) is 0 Å². The molecule has 1 fully saturated rings. The Morgan fingerprint density at radius 1 is 1.32 bits per heavy atom. The number of hydrogen-bond acceptors (Lipinski definition) is 3. The molecule has 1 heterocycles. The van der Waals surface area contributed by atoms with Crippen molar-refractivity contribution in [1.82, 2.24) is 9.97 Å². The highest BCUT2D eigenvalue weighted by atomic mass is 79.9. The van der Waals surface area contributed by atoms with Crippen molar-refractivity contribution in [1.29, 1.82) is 0 Å². The van der Waals surface area contributed by atoms with Crippen LogP contribution in [0.4, 0.5) is 5.82 Å². The second-order valence-electron chi connectivity index (χ2n) is 6.28. The van der Waals surface area contributed by atoms with Crippen molar-refractivity contribution in [2.24, 2.45) is 11.3 Å². The summed E-state index contributed by atoms with van der Waals surface area (Å²) in [7, 11) is 0. The Hall–Kier alpha value is -0.640. The summed E-state index contributed by atoms with van der Waals surface area (Å²) in [6.07, 6.45) is 6.76. The smallest absolute Gasteiger partial charge is 0.130 e. The van der Waals surface area contributed by atoms with Crippen LogP contribution in [0.1, 0.15) is 51.8 Å². The first-order valence-corrected chi connectivity index (χ1v) is 8.03. The van der Waals surface area contributed by atoms with Crippen LogP contribution in [0, 0.1) is 18.3 Å². The van der Waals surface area contributed by atoms with Gasteiger partial charge in [-0.25, -0.2) is 9.97 Å². The van der Waals surface area contributed by atoms with Gasteiger partial charge in [0.25, 0.3) is 0 Å². The van der Waals surface area contributed by atoms with Gasteiger partial charge >= 0.3 is 0 Å². The first kappa shape index (κ1) is 14.8. The van der Waals surface area contributed by atoms with E-state index in [-0.39, 0.29) is 0 Å². The molecular weight excluding hydrogens is 302 g/mol. The standard InChI is InChI=1S/C15H24BrN3/c1-11(2)9-15(6-4-5-7-15)10-17-14-8-13(16)18-12(3)19-14/h8,11H,4-7,9-10H2,1-3H3,(H,17,18,19). The number of anilines is 1. The molecule has 0 unspecified atom stereocenters. The fourth-order valence-corrected chi connectivity index (χ4v) is 3.82. The van der Waals surface area contributed by atoms with Gasteiger partial charge in [0, 0.05) is 12.6 Å². The molecule has 1 N–H and O–H groups in total. The molecular formula is C15H24BrN3. The summed E-state index contributed by atoms with van der Waals surface area (Å²) < 4.78 is 0.854. The molecule has 106 valence electrons. The van der Waals surface area contributed by atoms with Gasteiger partial charge in [0.1, 0.15) is 16.2 Å². The zero-order chi connectivity index (χ0) is 13.9. The second-order valence-corrected chi connectivity index (χ2v) is 7.09. The maximum absolute atomic E-state index is 4.45. The van der Waals surface area contributed by atoms with Crippen LogP contribution in [-0.2, 0) is 0 Å². The molecule has 19 heavy (non-hydrogen) atoms. The summed E-state index contributed by atoms with van der Waals surface area (Å²) in [6, 6.07) is 1.96. The first-order valence-electron chi connectivity index (χ1n) is 7.24. The van der Waals surface area contributed by atoms with E-state index in [0.29, 0.717) is 5.41 Å². The van der Waals surface area contributed by atoms with E-state index in [1.54, 1.807) is 0 Å². The normalized spacial score (nSPS) is 17.9. The summed E-state index contributed by atoms with van der Waals surface area (Å²) >= 11 is 3.43. The van der Waals surface area contributed by atoms with Crippen LogP contribution in [0.3, 0.4) is 0 Å². The minimum atomic E-state index is 0.472. The SMILES string of the molecule is Cc1nc(Br)cc(NCC2(CC(C)C)CCCC2)n1. The topological polar surface area (TPSA) is 37.8 Å². The van der Waals surface area contributed by atoms with Gasteiger partial charge in [0.2, 0.25) is 0 Å². The Kier molecular flexibility index (Phi) is 4.82. The van der Waals surface area contributed by atoms with Crippen molar-refractivity contribution >= 4 is 21.7 Å². The Labute approximate surface area is 124 Å². The van der Waals surface area contributed by atoms with Gasteiger partial charge in [-0.05, 0) is 53.4 Å². The summed E-state index contributed by atoms with van der Waals surface area (Å²) in [5.74, 6) is 2.51. The molecule has 1 aromatic heterocycles. The molecule has 2 rings (SSSR count). The zero-order valence-corrected chi connectivity index (χ0v) is 13.8. The molecule has 0 aromatic carbocycles. The van der Waals surface area contributed by atoms with E-state index in [9.17, 15) is 0 Å². The monoisotopic (exact) mass is 325 g/mol. The molecule has 1 aromatic rings. The van der Waals surface area contributed by atoms with Crippen LogP contribution in [0.5, 0.6) is 0 Å². The molecule has 0 aliphatic heterocycles. The second kappa shape index (κ2) is 6.21. The third-order valence-corrected chi connectivity index (χ3v) is 4.36. The number of nitrogens with one attached hydrogen (secondary N) is 1. The number of nitrogens with zero attached hydrogens (tertiary/aromatic N) is 2. The van der Waals surface area contributed by atoms with Crippen LogP contribution in [0.2, 0.25) is 0 Å². The van der Waals surface area contributed by atoms with Gasteiger partial charge in [0.15, 0.2) is 0 Å². The number of rotatable bonds is 5. The Balaban J connectivity index is 2.02. The van der Waals surface area contributed by atoms with Crippen molar-refractivity contribution in [3.05, 3.63) is 16.5 Å². The molecule has 1 aliphatic carbocycles. The highest BCUT2D eigenvalue weighted by Gasteiger charge is 2.34. The van der Waals surface area contributed by atoms with Crippen molar-refractivity contribution in [2.75, 3.05) is 11.9 Å². The summed E-state index contributed by atoms with van der Waals surface area (Å²) in [5, 5.41) is 3.53. The fourth-order valence-electron chi connectivity index (χ4n) is 3.34. The van der Waals surface area contributed by atoms with E-state index in [4.69, 9.17) is 0 Å². The lowest BCUT2D eigenvalue weighted by Crippen LogP contribution is -2.28. The Morgan fingerprint density at radius 3 is 2.58 bits per heavy atom. The molecule has 0 radical (unpaired) electrons. The average Bonchev–Trinajstić information content (AvgIpc) is 2.73. The maximum atomic E-state index is 4.45. The van der Waals surface area contributed by atoms with Crippen LogP contribution < -0.4 is 5.32 Å². The van der Waals surface area contributed by atoms with E-state index in [1.165, 1.54) is 32.1 Å². The molecule has 1 saturated carbocycles. The Morgan fingerprint density at radius 2 is 2.00 bits per heavy atom. The molecule has 0 spiro atoms. The lowest BCUT2D eigenvalue weighted by Gasteiger charge is -2.31. The van der Waals surface area contributed by atoms with Gasteiger partial charge in [-0.1, -0.05) is 26.7 Å². The fraction of sp³-hybridized carbons (Fsp3) is 0.733. The predicted octanol–water partition coefficient (Wildman–Crippen LogP) is 4.57. The van der Waals surface area contributed by atoms with E-state index in [0.717, 1.165) is 28.7 Å². The maximum Gasteiger partial charge on any atom is 0.130 e. The summed E-state index contributed by atoms with van der Waals surface area (Å²) in [5.41, 5.74) is 0.472. The van der Waals surface area contributed by atoms with E-state index < -0.39 is 0 Å². The lowest BCUT2D eigenvalue weighted by atomic mass is 9.78. The highest BCUT2D eigenvalue weighted by molar-refractivity contribution is 9.10. The van der Waals surface area contributed by atoms with Crippen LogP contribution in [0.15, 0.2) is 10.7 Å². The minimum Gasteiger partial charge on any atom is -0.369 e. The molecule has 4 heteroatoms. The summed E-state index contributed by atoms with van der Waals surface area (Å²) in [6.45, 7) is 7.61. The first-order chi connectivity index (χ1) is 8.99. The highest BCUT2D eigenvalue weighted by Crippen LogP contribution is 2.43.